The van der Waals surface area contributed by atoms with Gasteiger partial charge in [0.2, 0.25) is 0 Å². The molecule has 0 bridgehead atoms. The zero-order chi connectivity index (χ0) is 21.2. The highest BCUT2D eigenvalue weighted by Crippen LogP contribution is 2.16. The van der Waals surface area contributed by atoms with Gasteiger partial charge in [0.15, 0.2) is 0 Å². The van der Waals surface area contributed by atoms with Crippen LogP contribution in [0.2, 0.25) is 0 Å². The fourth-order valence-corrected chi connectivity index (χ4v) is 2.89. The molecule has 4 heteroatoms. The molecule has 0 fully saturated rings. The van der Waals surface area contributed by atoms with Gasteiger partial charge in [0.25, 0.3) is 5.91 Å². The van der Waals surface area contributed by atoms with Crippen molar-refractivity contribution < 1.29 is 9.53 Å². The summed E-state index contributed by atoms with van der Waals surface area (Å²) in [6.07, 6.45) is 2.31. The van der Waals surface area contributed by atoms with Gasteiger partial charge in [-0.1, -0.05) is 72.3 Å². The molecule has 3 aromatic carbocycles. The van der Waals surface area contributed by atoms with E-state index in [2.05, 4.69) is 24.4 Å². The Hall–Kier alpha value is -3.84. The third kappa shape index (κ3) is 6.35. The van der Waals surface area contributed by atoms with Crippen molar-refractivity contribution in [3.63, 3.8) is 0 Å². The van der Waals surface area contributed by atoms with Crippen LogP contribution in [0.4, 0.5) is 0 Å². The zero-order valence-electron chi connectivity index (χ0n) is 17.0. The quantitative estimate of drug-likeness (QED) is 0.438. The van der Waals surface area contributed by atoms with E-state index in [0.717, 1.165) is 28.9 Å². The van der Waals surface area contributed by atoms with Crippen molar-refractivity contribution in [2.45, 2.75) is 20.0 Å². The van der Waals surface area contributed by atoms with Gasteiger partial charge in [-0.25, -0.2) is 0 Å². The van der Waals surface area contributed by atoms with Crippen LogP contribution in [0.3, 0.4) is 0 Å². The molecular weight excluding hydrogens is 372 g/mol. The van der Waals surface area contributed by atoms with Crippen molar-refractivity contribution >= 4 is 12.0 Å². The Balaban J connectivity index is 1.53. The minimum atomic E-state index is -0.367. The number of carbonyl (C=O) groups excluding carboxylic acids is 1. The molecule has 150 valence electrons. The first kappa shape index (κ1) is 20.9. The highest BCUT2D eigenvalue weighted by Gasteiger charge is 2.08. The largest absolute Gasteiger partial charge is 0.489 e. The number of ether oxygens (including phenoxy) is 1. The molecule has 0 aliphatic carbocycles. The minimum absolute atomic E-state index is 0.0800. The first-order valence-corrected chi connectivity index (χ1v) is 9.86. The predicted octanol–water partition coefficient (Wildman–Crippen LogP) is 4.84. The number of rotatable bonds is 8. The van der Waals surface area contributed by atoms with Gasteiger partial charge in [-0.3, -0.25) is 4.79 Å². The minimum Gasteiger partial charge on any atom is -0.489 e. The summed E-state index contributed by atoms with van der Waals surface area (Å²) in [6, 6.07) is 27.4. The van der Waals surface area contributed by atoms with Crippen LogP contribution < -0.4 is 10.1 Å². The lowest BCUT2D eigenvalue weighted by Crippen LogP contribution is -2.26. The standard InChI is InChI=1S/C26H24N2O2/c1-20-7-9-23(10-8-20)19-30-25-13-11-22(12-14-25)17-24(18-27)26(29)28-16-15-21-5-3-2-4-6-21/h2-14,17H,15-16,19H2,1H3,(H,28,29)/b24-17-. The second-order valence-electron chi connectivity index (χ2n) is 7.00. The SMILES string of the molecule is Cc1ccc(COc2ccc(/C=C(/C#N)C(=O)NCCc3ccccc3)cc2)cc1. The van der Waals surface area contributed by atoms with Crippen molar-refractivity contribution in [3.8, 4) is 11.8 Å². The summed E-state index contributed by atoms with van der Waals surface area (Å²) in [5, 5.41) is 12.2. The molecule has 0 aromatic heterocycles. The van der Waals surface area contributed by atoms with E-state index in [9.17, 15) is 10.1 Å². The van der Waals surface area contributed by atoms with Crippen LogP contribution in [-0.4, -0.2) is 12.5 Å². The van der Waals surface area contributed by atoms with Crippen LogP contribution in [0.1, 0.15) is 22.3 Å². The third-order valence-corrected chi connectivity index (χ3v) is 4.62. The van der Waals surface area contributed by atoms with E-state index in [4.69, 9.17) is 4.74 Å². The van der Waals surface area contributed by atoms with Gasteiger partial charge in [-0.15, -0.1) is 0 Å². The van der Waals surface area contributed by atoms with Crippen molar-refractivity contribution in [1.82, 2.24) is 5.32 Å². The Labute approximate surface area is 177 Å². The van der Waals surface area contributed by atoms with Crippen molar-refractivity contribution in [2.24, 2.45) is 0 Å². The van der Waals surface area contributed by atoms with E-state index in [1.807, 2.05) is 72.8 Å². The summed E-state index contributed by atoms with van der Waals surface area (Å²) in [6.45, 7) is 3.02. The highest BCUT2D eigenvalue weighted by molar-refractivity contribution is 6.01. The van der Waals surface area contributed by atoms with Crippen LogP contribution in [0, 0.1) is 18.3 Å². The molecule has 3 aromatic rings. The predicted molar refractivity (Wildman–Crippen MR) is 119 cm³/mol. The zero-order valence-corrected chi connectivity index (χ0v) is 17.0. The molecule has 0 heterocycles. The maximum Gasteiger partial charge on any atom is 0.261 e. The van der Waals surface area contributed by atoms with E-state index >= 15 is 0 Å². The Morgan fingerprint density at radius 3 is 2.33 bits per heavy atom. The lowest BCUT2D eigenvalue weighted by Gasteiger charge is -2.07. The van der Waals surface area contributed by atoms with Gasteiger partial charge in [-0.2, -0.15) is 5.26 Å². The number of nitrogens with one attached hydrogen (secondary N) is 1. The molecule has 3 rings (SSSR count). The number of nitriles is 1. The molecule has 0 aliphatic heterocycles. The molecule has 1 amide bonds. The summed E-state index contributed by atoms with van der Waals surface area (Å²) >= 11 is 0. The average molecular weight is 396 g/mol. The van der Waals surface area contributed by atoms with E-state index in [1.54, 1.807) is 6.08 Å². The summed E-state index contributed by atoms with van der Waals surface area (Å²) in [5.74, 6) is 0.367. The van der Waals surface area contributed by atoms with Crippen LogP contribution >= 0.6 is 0 Å². The fraction of sp³-hybridized carbons (Fsp3) is 0.154. The Morgan fingerprint density at radius 2 is 1.67 bits per heavy atom. The second kappa shape index (κ2) is 10.6. The molecule has 1 N–H and O–H groups in total. The van der Waals surface area contributed by atoms with E-state index in [-0.39, 0.29) is 11.5 Å². The fourth-order valence-electron chi connectivity index (χ4n) is 2.89. The number of carbonyl (C=O) groups is 1. The molecule has 0 saturated heterocycles. The number of hydrogen-bond acceptors (Lipinski definition) is 3. The molecule has 0 aliphatic rings. The van der Waals surface area contributed by atoms with Gasteiger partial charge in [0, 0.05) is 6.54 Å². The van der Waals surface area contributed by atoms with E-state index in [0.29, 0.717) is 13.2 Å². The summed E-state index contributed by atoms with van der Waals surface area (Å²) in [7, 11) is 0. The second-order valence-corrected chi connectivity index (χ2v) is 7.00. The van der Waals surface area contributed by atoms with Crippen LogP contribution in [-0.2, 0) is 17.8 Å². The summed E-state index contributed by atoms with van der Waals surface area (Å²) in [5.41, 5.74) is 4.31. The van der Waals surface area contributed by atoms with E-state index < -0.39 is 0 Å². The molecule has 4 nitrogen and oxygen atoms in total. The monoisotopic (exact) mass is 396 g/mol. The molecular formula is C26H24N2O2. The van der Waals surface area contributed by atoms with Crippen LogP contribution in [0.5, 0.6) is 5.75 Å². The Bertz CT molecular complexity index is 1030. The lowest BCUT2D eigenvalue weighted by atomic mass is 10.1. The third-order valence-electron chi connectivity index (χ3n) is 4.62. The van der Waals surface area contributed by atoms with Crippen LogP contribution in [0.25, 0.3) is 6.08 Å². The maximum absolute atomic E-state index is 12.3. The smallest absolute Gasteiger partial charge is 0.261 e. The van der Waals surface area contributed by atoms with Gasteiger partial charge in [0.05, 0.1) is 0 Å². The Kier molecular flexibility index (Phi) is 7.40. The summed E-state index contributed by atoms with van der Waals surface area (Å²) < 4.78 is 5.80. The molecule has 0 saturated carbocycles. The highest BCUT2D eigenvalue weighted by atomic mass is 16.5. The first-order chi connectivity index (χ1) is 14.6. The van der Waals surface area contributed by atoms with Gasteiger partial charge in [-0.05, 0) is 48.2 Å². The Morgan fingerprint density at radius 1 is 0.967 bits per heavy atom. The number of benzene rings is 3. The molecule has 0 radical (unpaired) electrons. The maximum atomic E-state index is 12.3. The number of aryl methyl sites for hydroxylation is 1. The molecule has 0 spiro atoms. The van der Waals surface area contributed by atoms with Crippen LogP contribution in [0.15, 0.2) is 84.4 Å². The number of hydrogen-bond donors (Lipinski definition) is 1. The van der Waals surface area contributed by atoms with Gasteiger partial charge in [0.1, 0.15) is 24.0 Å². The number of amides is 1. The molecule has 0 unspecified atom stereocenters. The van der Waals surface area contributed by atoms with Crippen molar-refractivity contribution in [2.75, 3.05) is 6.54 Å². The van der Waals surface area contributed by atoms with Crippen molar-refractivity contribution in [1.29, 1.82) is 5.26 Å². The normalized spacial score (nSPS) is 10.9. The van der Waals surface area contributed by atoms with Gasteiger partial charge >= 0.3 is 0 Å². The topological polar surface area (TPSA) is 62.1 Å². The molecule has 30 heavy (non-hydrogen) atoms. The van der Waals surface area contributed by atoms with E-state index in [1.165, 1.54) is 5.56 Å². The average Bonchev–Trinajstić information content (AvgIpc) is 2.78. The van der Waals surface area contributed by atoms with Gasteiger partial charge < -0.3 is 10.1 Å². The lowest BCUT2D eigenvalue weighted by molar-refractivity contribution is -0.117. The van der Waals surface area contributed by atoms with Crippen molar-refractivity contribution in [3.05, 3.63) is 107 Å². The summed E-state index contributed by atoms with van der Waals surface area (Å²) in [4.78, 5) is 12.3. The first-order valence-electron chi connectivity index (χ1n) is 9.86. The molecule has 0 atom stereocenters. The number of nitrogens with zero attached hydrogens (tertiary/aromatic N) is 1.